The molecule has 0 saturated carbocycles. The minimum Gasteiger partial charge on any atom is -0.480 e. The average Bonchev–Trinajstić information content (AvgIpc) is 2.41. The molecule has 0 saturated heterocycles. The molecule has 1 rings (SSSR count). The third kappa shape index (κ3) is 3.34. The van der Waals surface area contributed by atoms with Crippen molar-refractivity contribution in [3.8, 4) is 0 Å². The molecule has 0 fully saturated rings. The van der Waals surface area contributed by atoms with E-state index in [0.717, 1.165) is 0 Å². The van der Waals surface area contributed by atoms with Crippen LogP contribution in [0, 0.1) is 10.1 Å². The fourth-order valence-electron chi connectivity index (χ4n) is 1.99. The summed E-state index contributed by atoms with van der Waals surface area (Å²) in [6.45, 7) is 3.84. The second-order valence-electron chi connectivity index (χ2n) is 4.46. The largest absolute Gasteiger partial charge is 0.480 e. The predicted molar refractivity (Wildman–Crippen MR) is 78.6 cm³/mol. The smallest absolute Gasteiger partial charge is 0.323 e. The van der Waals surface area contributed by atoms with Crippen LogP contribution >= 0.6 is 15.9 Å². The highest BCUT2D eigenvalue weighted by atomic mass is 79.9. The molecule has 0 spiro atoms. The molecule has 0 heterocycles. The zero-order chi connectivity index (χ0) is 15.3. The Hall–Kier alpha value is -1.47. The Morgan fingerprint density at radius 2 is 2.05 bits per heavy atom. The van der Waals surface area contributed by atoms with E-state index in [9.17, 15) is 20.0 Å². The van der Waals surface area contributed by atoms with Crippen molar-refractivity contribution in [1.82, 2.24) is 5.32 Å². The number of carboxylic acid groups (broad SMARTS) is 1. The summed E-state index contributed by atoms with van der Waals surface area (Å²) >= 11 is 3.20. The summed E-state index contributed by atoms with van der Waals surface area (Å²) in [6, 6.07) is 4.71. The lowest BCUT2D eigenvalue weighted by Crippen LogP contribution is -2.50. The Balaban J connectivity index is 2.97. The summed E-state index contributed by atoms with van der Waals surface area (Å²) < 4.78 is 0.379. The summed E-state index contributed by atoms with van der Waals surface area (Å²) in [5.74, 6) is -0.913. The molecule has 0 unspecified atom stereocenters. The second-order valence-corrected chi connectivity index (χ2v) is 5.25. The summed E-state index contributed by atoms with van der Waals surface area (Å²) in [5.41, 5.74) is -0.380. The number of nitro benzene ring substituents is 1. The number of hydrogen-bond acceptors (Lipinski definition) is 4. The Morgan fingerprint density at radius 1 is 1.45 bits per heavy atom. The maximum atomic E-state index is 11.4. The highest BCUT2D eigenvalue weighted by Crippen LogP contribution is 2.29. The molecule has 0 amide bonds. The third-order valence-electron chi connectivity index (χ3n) is 3.49. The van der Waals surface area contributed by atoms with Gasteiger partial charge in [0.15, 0.2) is 0 Å². The fourth-order valence-corrected chi connectivity index (χ4v) is 2.54. The standard InChI is InChI=1S/C13H17BrN2O4/c1-3-13(4-2,12(17)18)15-8-9-6-5-7-10(11(9)14)16(19)20/h5-7,15H,3-4,8H2,1-2H3,(H,17,18). The molecule has 6 nitrogen and oxygen atoms in total. The van der Waals surface area contributed by atoms with Gasteiger partial charge < -0.3 is 5.11 Å². The zero-order valence-corrected chi connectivity index (χ0v) is 12.9. The van der Waals surface area contributed by atoms with E-state index in [1.165, 1.54) is 6.07 Å². The Morgan fingerprint density at radius 3 is 2.50 bits per heavy atom. The number of hydrogen-bond donors (Lipinski definition) is 2. The van der Waals surface area contributed by atoms with Gasteiger partial charge in [-0.15, -0.1) is 0 Å². The van der Waals surface area contributed by atoms with Crippen molar-refractivity contribution in [1.29, 1.82) is 0 Å². The van der Waals surface area contributed by atoms with Crippen LogP contribution in [0.25, 0.3) is 0 Å². The van der Waals surface area contributed by atoms with Crippen molar-refractivity contribution in [2.45, 2.75) is 38.8 Å². The van der Waals surface area contributed by atoms with Crippen LogP contribution in [0.2, 0.25) is 0 Å². The molecule has 0 aliphatic rings. The van der Waals surface area contributed by atoms with E-state index in [2.05, 4.69) is 21.2 Å². The van der Waals surface area contributed by atoms with Crippen LogP contribution in [0.4, 0.5) is 5.69 Å². The maximum absolute atomic E-state index is 11.4. The van der Waals surface area contributed by atoms with Crippen molar-refractivity contribution in [3.63, 3.8) is 0 Å². The normalized spacial score (nSPS) is 11.3. The molecular formula is C13H17BrN2O4. The van der Waals surface area contributed by atoms with Gasteiger partial charge in [0.05, 0.1) is 9.40 Å². The summed E-state index contributed by atoms with van der Waals surface area (Å²) in [7, 11) is 0. The monoisotopic (exact) mass is 344 g/mol. The molecule has 1 aromatic carbocycles. The molecule has 0 aromatic heterocycles. The van der Waals surface area contributed by atoms with E-state index in [1.807, 2.05) is 0 Å². The van der Waals surface area contributed by atoms with Crippen LogP contribution in [0.15, 0.2) is 22.7 Å². The van der Waals surface area contributed by atoms with Gasteiger partial charge in [0.2, 0.25) is 0 Å². The molecule has 0 aliphatic heterocycles. The van der Waals surface area contributed by atoms with Gasteiger partial charge in [-0.3, -0.25) is 20.2 Å². The quantitative estimate of drug-likeness (QED) is 0.585. The molecule has 110 valence electrons. The number of rotatable bonds is 7. The van der Waals surface area contributed by atoms with E-state index in [0.29, 0.717) is 22.9 Å². The van der Waals surface area contributed by atoms with Crippen molar-refractivity contribution in [2.24, 2.45) is 0 Å². The van der Waals surface area contributed by atoms with E-state index >= 15 is 0 Å². The average molecular weight is 345 g/mol. The molecule has 20 heavy (non-hydrogen) atoms. The molecule has 7 heteroatoms. The number of nitrogens with one attached hydrogen (secondary N) is 1. The molecule has 0 atom stereocenters. The van der Waals surface area contributed by atoms with Gasteiger partial charge in [-0.1, -0.05) is 26.0 Å². The maximum Gasteiger partial charge on any atom is 0.323 e. The van der Waals surface area contributed by atoms with E-state index in [4.69, 9.17) is 0 Å². The number of carboxylic acids is 1. The summed E-state index contributed by atoms with van der Waals surface area (Å²) in [6.07, 6.45) is 0.872. The lowest BCUT2D eigenvalue weighted by Gasteiger charge is -2.28. The SMILES string of the molecule is CCC(CC)(NCc1cccc([N+](=O)[O-])c1Br)C(=O)O. The van der Waals surface area contributed by atoms with Crippen LogP contribution in [-0.4, -0.2) is 21.5 Å². The van der Waals surface area contributed by atoms with Crippen molar-refractivity contribution in [2.75, 3.05) is 0 Å². The van der Waals surface area contributed by atoms with E-state index in [1.54, 1.807) is 26.0 Å². The summed E-state index contributed by atoms with van der Waals surface area (Å²) in [4.78, 5) is 21.8. The van der Waals surface area contributed by atoms with Crippen molar-refractivity contribution in [3.05, 3.63) is 38.3 Å². The minimum atomic E-state index is -1.01. The predicted octanol–water partition coefficient (Wildman–Crippen LogP) is 3.09. The van der Waals surface area contributed by atoms with Gasteiger partial charge >= 0.3 is 5.97 Å². The lowest BCUT2D eigenvalue weighted by molar-refractivity contribution is -0.385. The number of nitro groups is 1. The third-order valence-corrected chi connectivity index (χ3v) is 4.40. The van der Waals surface area contributed by atoms with Crippen LogP contribution in [0.1, 0.15) is 32.3 Å². The fraction of sp³-hybridized carbons (Fsp3) is 0.462. The van der Waals surface area contributed by atoms with Gasteiger partial charge in [0, 0.05) is 12.6 Å². The Kier molecular flexibility index (Phi) is 5.64. The zero-order valence-electron chi connectivity index (χ0n) is 11.4. The van der Waals surface area contributed by atoms with Crippen LogP contribution in [-0.2, 0) is 11.3 Å². The number of carbonyl (C=O) groups is 1. The van der Waals surface area contributed by atoms with Gasteiger partial charge in [0.1, 0.15) is 5.54 Å². The Bertz CT molecular complexity index is 515. The molecular weight excluding hydrogens is 328 g/mol. The molecule has 1 aromatic rings. The highest BCUT2D eigenvalue weighted by Gasteiger charge is 2.34. The van der Waals surface area contributed by atoms with Crippen LogP contribution in [0.5, 0.6) is 0 Å². The lowest BCUT2D eigenvalue weighted by atomic mass is 9.92. The first-order chi connectivity index (χ1) is 9.38. The molecule has 0 aliphatic carbocycles. The summed E-state index contributed by atoms with van der Waals surface area (Å²) in [5, 5.41) is 23.2. The minimum absolute atomic E-state index is 0.0294. The first-order valence-electron chi connectivity index (χ1n) is 6.28. The highest BCUT2D eigenvalue weighted by molar-refractivity contribution is 9.10. The van der Waals surface area contributed by atoms with E-state index < -0.39 is 16.4 Å². The molecule has 0 bridgehead atoms. The Labute approximate surface area is 125 Å². The first-order valence-corrected chi connectivity index (χ1v) is 7.07. The van der Waals surface area contributed by atoms with Gasteiger partial charge in [0.25, 0.3) is 5.69 Å². The van der Waals surface area contributed by atoms with Gasteiger partial charge in [-0.05, 0) is 34.3 Å². The number of benzene rings is 1. The van der Waals surface area contributed by atoms with Crippen molar-refractivity contribution < 1.29 is 14.8 Å². The van der Waals surface area contributed by atoms with Crippen LogP contribution in [0.3, 0.4) is 0 Å². The van der Waals surface area contributed by atoms with Gasteiger partial charge in [-0.25, -0.2) is 0 Å². The van der Waals surface area contributed by atoms with Gasteiger partial charge in [-0.2, -0.15) is 0 Å². The van der Waals surface area contributed by atoms with Crippen molar-refractivity contribution >= 4 is 27.6 Å². The van der Waals surface area contributed by atoms with Crippen LogP contribution < -0.4 is 5.32 Å². The number of nitrogens with zero attached hydrogens (tertiary/aromatic N) is 1. The molecule has 0 radical (unpaired) electrons. The number of halogens is 1. The van der Waals surface area contributed by atoms with E-state index in [-0.39, 0.29) is 12.2 Å². The topological polar surface area (TPSA) is 92.5 Å². The second kappa shape index (κ2) is 6.81. The molecule has 2 N–H and O–H groups in total. The number of aliphatic carboxylic acids is 1. The first kappa shape index (κ1) is 16.6.